The molecule has 6 aliphatic heterocycles. The standard InChI is InChI=1S/C44H50O25.C33H40O21/c1-60-24-7-16(8-25(61-2)31(24)52)3-6-30(51)68-40-36(57)33(54)29(15-47)67-44(40)69-41-37(58)34(55)28(14-46)66-43(41)64-26-12-19-22(62-39(26)17-4-5-20(49)21(50)9-17)10-18(48)11-23(19)63-42-38(59)35(56)32(53)27(13-45)65-42;34-7-18-21(40)24(43)27(46)31(51-18)49-16-5-11(37)4-15-12(16)6-17(29(48-15)10-1-2-13(38)14(39)3-10)50-33-30(26(45)23(42)20(9-36)53-33)54-32-28(47)25(44)22(41)19(8-35)52-32/h3-12,27-29,32-38,40-47,53-59H,13-15H2,1-2H3,(H3-,48,49,50,51,52);1-6,18-28,30-36,40-47H,7-9H2,(H2-,37,38,39)/p+2/t27-,28-,29-,32-,33-,34-,35+,36+,37+,38-,40-,41-,42-,43-,44+;18-,19-,20-,21-,22-,23-,24+,25+,26+,27-,28-,30-,31-,32+,33-/m11/s1. The van der Waals surface area contributed by atoms with Crippen LogP contribution in [0.15, 0.2) is 99.8 Å². The zero-order chi connectivity index (χ0) is 89.2. The van der Waals surface area contributed by atoms with Crippen molar-refractivity contribution in [1.82, 2.24) is 0 Å². The average Bonchev–Trinajstić information content (AvgIpc) is 0.761. The number of phenols is 7. The number of carbonyl (C=O) groups is 1. The van der Waals surface area contributed by atoms with Gasteiger partial charge < -0.3 is 214 Å². The van der Waals surface area contributed by atoms with Crippen LogP contribution in [0.1, 0.15) is 5.56 Å². The van der Waals surface area contributed by atoms with E-state index in [0.717, 1.165) is 54.6 Å². The summed E-state index contributed by atoms with van der Waals surface area (Å²) >= 11 is 0. The van der Waals surface area contributed by atoms with Gasteiger partial charge in [0.1, 0.15) is 162 Å². The summed E-state index contributed by atoms with van der Waals surface area (Å²) in [7, 11) is 2.56. The minimum atomic E-state index is -2.09. The number of aliphatic hydroxyl groups excluding tert-OH is 21. The lowest BCUT2D eigenvalue weighted by atomic mass is 9.97. The van der Waals surface area contributed by atoms with Crippen LogP contribution in [0.25, 0.3) is 50.7 Å². The predicted molar refractivity (Wildman–Crippen MR) is 399 cm³/mol. The minimum absolute atomic E-state index is 0.00685. The van der Waals surface area contributed by atoms with Gasteiger partial charge in [0.25, 0.3) is 0 Å². The Morgan fingerprint density at radius 3 is 1.03 bits per heavy atom. The van der Waals surface area contributed by atoms with Crippen LogP contribution in [0.2, 0.25) is 0 Å². The molecule has 0 amide bonds. The van der Waals surface area contributed by atoms with Gasteiger partial charge in [-0.25, -0.2) is 13.6 Å². The quantitative estimate of drug-likeness (QED) is 0.0109. The predicted octanol–water partition coefficient (Wildman–Crippen LogP) is -6.65. The number of benzene rings is 5. The lowest BCUT2D eigenvalue weighted by Crippen LogP contribution is -2.65. The van der Waals surface area contributed by atoms with Crippen LogP contribution in [-0.2, 0) is 47.4 Å². The van der Waals surface area contributed by atoms with Gasteiger partial charge >= 0.3 is 28.7 Å². The summed E-state index contributed by atoms with van der Waals surface area (Å²) in [6.07, 6.45) is -52.2. The van der Waals surface area contributed by atoms with Crippen molar-refractivity contribution in [3.63, 3.8) is 0 Å². The third kappa shape index (κ3) is 19.4. The largest absolute Gasteiger partial charge is 0.507 e. The zero-order valence-electron chi connectivity index (χ0n) is 64.2. The third-order valence-corrected chi connectivity index (χ3v) is 20.8. The van der Waals surface area contributed by atoms with Crippen molar-refractivity contribution >= 4 is 34.0 Å². The first-order valence-corrected chi connectivity index (χ1v) is 37.5. The fraction of sp³-hybridized carbons (Fsp3) is 0.494. The van der Waals surface area contributed by atoms with E-state index >= 15 is 0 Å². The summed E-state index contributed by atoms with van der Waals surface area (Å²) in [5.41, 5.74) is -0.0487. The van der Waals surface area contributed by atoms with Gasteiger partial charge in [-0.15, -0.1) is 0 Å². The highest BCUT2D eigenvalue weighted by Gasteiger charge is 2.56. The van der Waals surface area contributed by atoms with Gasteiger partial charge in [0.15, 0.2) is 65.4 Å². The zero-order valence-corrected chi connectivity index (χ0v) is 64.2. The number of methoxy groups -OCH3 is 2. The number of hydrogen-bond donors (Lipinski definition) is 28. The SMILES string of the molecule is COc1cc(/C=C/C(=O)O[C@H]2[C@H](O[C@H]3[C@H](Oc4cc5c(O[C@@H]6O[C@H](CO)[C@@H](O)[C@H](O)[C@H]6O)cc(O)cc5[o+]c4-c4ccc(O)c(O)c4)O[C@H](CO)[C@@H](O)[C@@H]3O)O[C@H](CO)[C@@H](O)[C@@H]2O)cc(OC)c1O.OC[C@H]1O[C@@H](Oc2cc(O)cc3[o+]c(-c4ccc(O)c(O)c4)c(O[C@@H]4O[C@H](CO)[C@@H](O)[C@H](O)[C@H]4O[C@@H]4O[C@H](CO)[C@@H](O)[C@H](O)[C@H]4O)cc23)[C@H](O)[C@@H](O)[C@@H]1O. The number of esters is 1. The molecule has 123 heavy (non-hydrogen) atoms. The van der Waals surface area contributed by atoms with Crippen LogP contribution >= 0.6 is 0 Å². The molecule has 0 saturated carbocycles. The summed E-state index contributed by atoms with van der Waals surface area (Å²) < 4.78 is 97.7. The average molecular weight is 1750 g/mol. The van der Waals surface area contributed by atoms with E-state index in [0.29, 0.717) is 0 Å². The van der Waals surface area contributed by atoms with Gasteiger partial charge in [-0.2, -0.15) is 0 Å². The molecule has 6 saturated heterocycles. The number of fused-ring (bicyclic) bond motifs is 2. The molecule has 0 aliphatic carbocycles. The van der Waals surface area contributed by atoms with Crippen molar-refractivity contribution in [3.05, 3.63) is 96.6 Å². The molecular weight excluding hydrogens is 1660 g/mol. The first-order chi connectivity index (χ1) is 58.6. The van der Waals surface area contributed by atoms with Crippen LogP contribution in [0.3, 0.4) is 0 Å². The molecule has 46 nitrogen and oxygen atoms in total. The molecule has 28 N–H and O–H groups in total. The lowest BCUT2D eigenvalue weighted by Gasteiger charge is -2.46. The van der Waals surface area contributed by atoms with Gasteiger partial charge in [-0.1, -0.05) is 0 Å². The first-order valence-electron chi connectivity index (χ1n) is 37.5. The molecule has 2 aromatic heterocycles. The topological polar surface area (TPSA) is 745 Å². The van der Waals surface area contributed by atoms with Crippen molar-refractivity contribution in [3.8, 4) is 97.4 Å². The van der Waals surface area contributed by atoms with Gasteiger partial charge in [0.05, 0.1) is 77.1 Å². The number of hydrogen-bond acceptors (Lipinski definition) is 44. The van der Waals surface area contributed by atoms with Crippen molar-refractivity contribution in [2.75, 3.05) is 53.9 Å². The normalized spacial score (nSPS) is 34.1. The second kappa shape index (κ2) is 39.3. The molecule has 0 bridgehead atoms. The van der Waals surface area contributed by atoms with Gasteiger partial charge in [0.2, 0.25) is 42.4 Å². The summed E-state index contributed by atoms with van der Waals surface area (Å²) in [5.74, 6) is -6.67. The summed E-state index contributed by atoms with van der Waals surface area (Å²) in [4.78, 5) is 13.3. The number of aliphatic hydroxyl groups is 21. The molecule has 7 aromatic rings. The molecule has 46 heteroatoms. The molecule has 0 radical (unpaired) electrons. The maximum Gasteiger partial charge on any atom is 0.402 e. The number of rotatable bonds is 25. The van der Waals surface area contributed by atoms with Crippen molar-refractivity contribution in [1.29, 1.82) is 0 Å². The second-order valence-electron chi connectivity index (χ2n) is 28.9. The molecule has 30 atom stereocenters. The Bertz CT molecular complexity index is 4780. The minimum Gasteiger partial charge on any atom is -0.507 e. The van der Waals surface area contributed by atoms with E-state index in [-0.39, 0.29) is 84.6 Å². The molecule has 6 fully saturated rings. The summed E-state index contributed by atoms with van der Waals surface area (Å²) in [5, 5.41) is 292. The van der Waals surface area contributed by atoms with E-state index in [9.17, 15) is 148 Å². The van der Waals surface area contributed by atoms with Crippen LogP contribution in [-0.4, -0.2) is 387 Å². The third-order valence-electron chi connectivity index (χ3n) is 20.8. The molecule has 13 rings (SSSR count). The molecule has 5 aromatic carbocycles. The van der Waals surface area contributed by atoms with E-state index in [1.54, 1.807) is 0 Å². The van der Waals surface area contributed by atoms with E-state index < -0.39 is 270 Å². The summed E-state index contributed by atoms with van der Waals surface area (Å²) in [6, 6.07) is 16.3. The van der Waals surface area contributed by atoms with Crippen molar-refractivity contribution in [2.45, 2.75) is 184 Å². The Kier molecular flexibility index (Phi) is 29.6. The Morgan fingerprint density at radius 1 is 0.341 bits per heavy atom. The smallest absolute Gasteiger partial charge is 0.402 e. The van der Waals surface area contributed by atoms with E-state index in [1.807, 2.05) is 0 Å². The van der Waals surface area contributed by atoms with Crippen LogP contribution < -0.4 is 28.4 Å². The number of phenolic OH excluding ortho intramolecular Hbond substituents is 7. The van der Waals surface area contributed by atoms with Gasteiger partial charge in [0, 0.05) is 42.5 Å². The second-order valence-corrected chi connectivity index (χ2v) is 28.9. The van der Waals surface area contributed by atoms with Crippen molar-refractivity contribution in [2.24, 2.45) is 0 Å². The Balaban J connectivity index is 0.000000231. The van der Waals surface area contributed by atoms with Gasteiger partial charge in [-0.3, -0.25) is 0 Å². The van der Waals surface area contributed by atoms with Crippen LogP contribution in [0, 0.1) is 0 Å². The van der Waals surface area contributed by atoms with E-state index in [1.165, 1.54) is 56.7 Å². The molecule has 0 spiro atoms. The molecular formula is C77H92O46+2. The summed E-state index contributed by atoms with van der Waals surface area (Å²) in [6.45, 7) is -5.11. The van der Waals surface area contributed by atoms with Crippen LogP contribution in [0.4, 0.5) is 0 Å². The van der Waals surface area contributed by atoms with E-state index in [2.05, 4.69) is 0 Å². The fourth-order valence-electron chi connectivity index (χ4n) is 14.0. The Morgan fingerprint density at radius 2 is 0.667 bits per heavy atom. The number of ether oxygens (including phenoxy) is 15. The monoisotopic (exact) mass is 1750 g/mol. The fourth-order valence-corrected chi connectivity index (χ4v) is 14.0. The maximum absolute atomic E-state index is 13.3. The maximum atomic E-state index is 13.3. The molecule has 674 valence electrons. The lowest BCUT2D eigenvalue weighted by molar-refractivity contribution is -0.358. The highest BCUT2D eigenvalue weighted by Crippen LogP contribution is 2.48. The molecule has 8 heterocycles. The highest BCUT2D eigenvalue weighted by atomic mass is 16.8. The first kappa shape index (κ1) is 92.5. The van der Waals surface area contributed by atoms with E-state index in [4.69, 9.17) is 79.9 Å². The number of aromatic hydroxyl groups is 7. The van der Waals surface area contributed by atoms with Gasteiger partial charge in [-0.05, 0) is 48.0 Å². The highest BCUT2D eigenvalue weighted by molar-refractivity contribution is 5.91. The molecule has 0 unspecified atom stereocenters. The number of carbonyl (C=O) groups excluding carboxylic acids is 1. The van der Waals surface area contributed by atoms with Crippen molar-refractivity contribution < 1.29 is 228 Å². The van der Waals surface area contributed by atoms with Crippen LogP contribution in [0.5, 0.6) is 74.7 Å². The molecule has 6 aliphatic rings. The Labute approximate surface area is 691 Å². The Hall–Kier alpha value is -9.63.